The number of hydrogen-bond acceptors (Lipinski definition) is 3. The van der Waals surface area contributed by atoms with Crippen LogP contribution in [0.25, 0.3) is 11.1 Å². The molecule has 5 heteroatoms. The van der Waals surface area contributed by atoms with Crippen molar-refractivity contribution in [1.82, 2.24) is 10.2 Å². The standard InChI is InChI=1S/C27H22N2O3/c30-24(20-12-11-19-14-18-7-1-3-9-21(18)22(19)15-20)16-29-25(31)27(28-26(29)32)13-5-8-17-6-2-4-10-23(17)27/h1-4,6-7,9-12,15H,5,8,13-14,16H2,(H,28,32). The van der Waals surface area contributed by atoms with Gasteiger partial charge in [-0.05, 0) is 65.1 Å². The maximum absolute atomic E-state index is 13.5. The van der Waals surface area contributed by atoms with Crippen molar-refractivity contribution in [1.29, 1.82) is 0 Å². The molecule has 3 aliphatic rings. The molecule has 5 nitrogen and oxygen atoms in total. The summed E-state index contributed by atoms with van der Waals surface area (Å²) >= 11 is 0. The Morgan fingerprint density at radius 1 is 0.906 bits per heavy atom. The SMILES string of the molecule is O=C(CN1C(=O)NC2(CCCc3ccccc32)C1=O)c1ccc2c(c1)-c1ccccc1C2. The minimum Gasteiger partial charge on any atom is -0.319 e. The van der Waals surface area contributed by atoms with E-state index >= 15 is 0 Å². The molecule has 32 heavy (non-hydrogen) atoms. The first-order valence-corrected chi connectivity index (χ1v) is 11.0. The number of urea groups is 1. The Balaban J connectivity index is 1.29. The summed E-state index contributed by atoms with van der Waals surface area (Å²) in [6, 6.07) is 21.1. The highest BCUT2D eigenvalue weighted by molar-refractivity contribution is 6.12. The minimum absolute atomic E-state index is 0.234. The van der Waals surface area contributed by atoms with Gasteiger partial charge in [0.15, 0.2) is 5.78 Å². The van der Waals surface area contributed by atoms with Crippen molar-refractivity contribution in [3.05, 3.63) is 94.5 Å². The lowest BCUT2D eigenvalue weighted by atomic mass is 9.76. The Morgan fingerprint density at radius 3 is 2.53 bits per heavy atom. The number of ketones is 1. The summed E-state index contributed by atoms with van der Waals surface area (Å²) in [5.74, 6) is -0.559. The Bertz CT molecular complexity index is 1310. The maximum Gasteiger partial charge on any atom is 0.325 e. The molecule has 1 N–H and O–H groups in total. The topological polar surface area (TPSA) is 66.5 Å². The fourth-order valence-corrected chi connectivity index (χ4v) is 5.49. The normalized spacial score (nSPS) is 20.7. The van der Waals surface area contributed by atoms with Crippen molar-refractivity contribution in [2.24, 2.45) is 0 Å². The molecule has 1 heterocycles. The van der Waals surface area contributed by atoms with E-state index in [9.17, 15) is 14.4 Å². The number of nitrogens with zero attached hydrogens (tertiary/aromatic N) is 1. The van der Waals surface area contributed by atoms with Gasteiger partial charge in [0.05, 0.1) is 6.54 Å². The minimum atomic E-state index is -1.05. The number of rotatable bonds is 3. The van der Waals surface area contributed by atoms with Crippen LogP contribution in [0.3, 0.4) is 0 Å². The van der Waals surface area contributed by atoms with E-state index in [-0.39, 0.29) is 18.2 Å². The number of fused-ring (bicyclic) bond motifs is 5. The van der Waals surface area contributed by atoms with Gasteiger partial charge in [-0.1, -0.05) is 60.7 Å². The second-order valence-electron chi connectivity index (χ2n) is 8.87. The summed E-state index contributed by atoms with van der Waals surface area (Å²) in [6.45, 7) is -0.255. The third-order valence-electron chi connectivity index (χ3n) is 7.07. The zero-order valence-corrected chi connectivity index (χ0v) is 17.6. The number of carbonyl (C=O) groups is 3. The van der Waals surface area contributed by atoms with Crippen LogP contribution in [0.1, 0.15) is 45.5 Å². The first-order valence-electron chi connectivity index (χ1n) is 11.0. The van der Waals surface area contributed by atoms with Gasteiger partial charge in [0.25, 0.3) is 5.91 Å². The lowest BCUT2D eigenvalue weighted by Crippen LogP contribution is -2.46. The molecule has 6 rings (SSSR count). The van der Waals surface area contributed by atoms with Gasteiger partial charge in [0, 0.05) is 5.56 Å². The third kappa shape index (κ3) is 2.67. The summed E-state index contributed by atoms with van der Waals surface area (Å²) in [4.78, 5) is 40.5. The fourth-order valence-electron chi connectivity index (χ4n) is 5.49. The Morgan fingerprint density at radius 2 is 1.66 bits per heavy atom. The van der Waals surface area contributed by atoms with Gasteiger partial charge in [0.2, 0.25) is 0 Å². The molecular formula is C27H22N2O3. The van der Waals surface area contributed by atoms with Crippen molar-refractivity contribution < 1.29 is 14.4 Å². The Kier molecular flexibility index (Phi) is 4.09. The largest absolute Gasteiger partial charge is 0.325 e. The van der Waals surface area contributed by atoms with Gasteiger partial charge in [-0.25, -0.2) is 4.79 Å². The van der Waals surface area contributed by atoms with Gasteiger partial charge in [-0.3, -0.25) is 14.5 Å². The highest BCUT2D eigenvalue weighted by Gasteiger charge is 2.54. The Labute approximate surface area is 186 Å². The number of imide groups is 1. The van der Waals surface area contributed by atoms with Gasteiger partial charge in [0.1, 0.15) is 5.54 Å². The average Bonchev–Trinajstić information content (AvgIpc) is 3.30. The van der Waals surface area contributed by atoms with Crippen LogP contribution < -0.4 is 5.32 Å². The summed E-state index contributed by atoms with van der Waals surface area (Å²) in [5.41, 5.74) is 6.04. The molecule has 1 unspecified atom stereocenters. The molecule has 1 spiro atoms. The second kappa shape index (κ2) is 6.89. The van der Waals surface area contributed by atoms with E-state index in [1.54, 1.807) is 6.07 Å². The molecule has 1 saturated heterocycles. The van der Waals surface area contributed by atoms with Crippen LogP contribution in [0.2, 0.25) is 0 Å². The summed E-state index contributed by atoms with van der Waals surface area (Å²) in [6.07, 6.45) is 3.11. The molecule has 3 aromatic rings. The molecule has 3 aromatic carbocycles. The van der Waals surface area contributed by atoms with Crippen LogP contribution in [-0.4, -0.2) is 29.2 Å². The predicted molar refractivity (Wildman–Crippen MR) is 120 cm³/mol. The molecule has 3 amide bonds. The number of benzene rings is 3. The highest BCUT2D eigenvalue weighted by Crippen LogP contribution is 2.40. The fraction of sp³-hybridized carbons (Fsp3) is 0.222. The first kappa shape index (κ1) is 19.0. The number of aryl methyl sites for hydroxylation is 1. The Hall–Kier alpha value is -3.73. The molecule has 2 aliphatic carbocycles. The second-order valence-corrected chi connectivity index (χ2v) is 8.87. The van der Waals surface area contributed by atoms with Crippen LogP contribution in [-0.2, 0) is 23.2 Å². The van der Waals surface area contributed by atoms with Gasteiger partial charge < -0.3 is 5.32 Å². The van der Waals surface area contributed by atoms with Gasteiger partial charge in [-0.15, -0.1) is 0 Å². The van der Waals surface area contributed by atoms with Gasteiger partial charge in [-0.2, -0.15) is 0 Å². The lowest BCUT2D eigenvalue weighted by molar-refractivity contribution is -0.131. The number of carbonyl (C=O) groups excluding carboxylic acids is 3. The number of hydrogen-bond donors (Lipinski definition) is 1. The highest BCUT2D eigenvalue weighted by atomic mass is 16.2. The molecule has 0 radical (unpaired) electrons. The molecule has 0 saturated carbocycles. The van der Waals surface area contributed by atoms with Crippen molar-refractivity contribution >= 4 is 17.7 Å². The summed E-state index contributed by atoms with van der Waals surface area (Å²) in [7, 11) is 0. The van der Waals surface area contributed by atoms with E-state index in [1.165, 1.54) is 11.1 Å². The van der Waals surface area contributed by atoms with E-state index in [0.717, 1.165) is 46.4 Å². The van der Waals surface area contributed by atoms with E-state index in [4.69, 9.17) is 0 Å². The third-order valence-corrected chi connectivity index (χ3v) is 7.07. The maximum atomic E-state index is 13.5. The van der Waals surface area contributed by atoms with Crippen LogP contribution in [0.5, 0.6) is 0 Å². The van der Waals surface area contributed by atoms with E-state index in [1.807, 2.05) is 48.5 Å². The molecule has 1 fully saturated rings. The van der Waals surface area contributed by atoms with Crippen molar-refractivity contribution in [3.8, 4) is 11.1 Å². The van der Waals surface area contributed by atoms with Crippen molar-refractivity contribution in [2.75, 3.05) is 6.54 Å². The zero-order valence-electron chi connectivity index (χ0n) is 17.6. The number of amides is 3. The molecule has 158 valence electrons. The monoisotopic (exact) mass is 422 g/mol. The van der Waals surface area contributed by atoms with Crippen LogP contribution in [0.15, 0.2) is 66.7 Å². The molecule has 0 aromatic heterocycles. The molecular weight excluding hydrogens is 400 g/mol. The van der Waals surface area contributed by atoms with Crippen LogP contribution in [0.4, 0.5) is 4.79 Å². The first-order chi connectivity index (χ1) is 15.6. The number of nitrogens with one attached hydrogen (secondary N) is 1. The van der Waals surface area contributed by atoms with E-state index in [2.05, 4.69) is 17.4 Å². The molecule has 1 atom stereocenters. The lowest BCUT2D eigenvalue weighted by Gasteiger charge is -2.33. The average molecular weight is 422 g/mol. The van der Waals surface area contributed by atoms with Crippen molar-refractivity contribution in [3.63, 3.8) is 0 Å². The van der Waals surface area contributed by atoms with Gasteiger partial charge >= 0.3 is 6.03 Å². The summed E-state index contributed by atoms with van der Waals surface area (Å²) in [5, 5.41) is 2.92. The zero-order chi connectivity index (χ0) is 21.9. The molecule has 0 bridgehead atoms. The van der Waals surface area contributed by atoms with E-state index in [0.29, 0.717) is 12.0 Å². The van der Waals surface area contributed by atoms with E-state index < -0.39 is 11.6 Å². The number of Topliss-reactive ketones (excluding diaryl/α,β-unsaturated/α-hetero) is 1. The molecule has 1 aliphatic heterocycles. The predicted octanol–water partition coefficient (Wildman–Crippen LogP) is 4.22. The van der Waals surface area contributed by atoms with Crippen LogP contribution in [0, 0.1) is 0 Å². The quantitative estimate of drug-likeness (QED) is 0.397. The smallest absolute Gasteiger partial charge is 0.319 e. The summed E-state index contributed by atoms with van der Waals surface area (Å²) < 4.78 is 0. The van der Waals surface area contributed by atoms with Crippen molar-refractivity contribution in [2.45, 2.75) is 31.2 Å². The van der Waals surface area contributed by atoms with Crippen LogP contribution >= 0.6 is 0 Å².